The van der Waals surface area contributed by atoms with Gasteiger partial charge < -0.3 is 15.0 Å². The predicted molar refractivity (Wildman–Crippen MR) is 108 cm³/mol. The standard InChI is InChI=1S/C21H20FN5O2/c1-26-11-12-10-15(20(28)18(22)19(12)25-26)16-3-2-14-17(24-16)6-9-27(21(14)29)13-4-7-23-8-5-13/h2-3,6,9-11,13,23,28H,4-5,7-8H2,1H3. The van der Waals surface area contributed by atoms with Crippen molar-refractivity contribution in [1.29, 1.82) is 0 Å². The molecule has 29 heavy (non-hydrogen) atoms. The molecule has 0 amide bonds. The van der Waals surface area contributed by atoms with Crippen LogP contribution in [0.15, 0.2) is 41.5 Å². The van der Waals surface area contributed by atoms with Crippen molar-refractivity contribution >= 4 is 21.8 Å². The minimum atomic E-state index is -0.777. The van der Waals surface area contributed by atoms with Crippen LogP contribution in [0, 0.1) is 5.82 Å². The molecule has 1 aromatic carbocycles. The summed E-state index contributed by atoms with van der Waals surface area (Å²) in [6, 6.07) is 6.98. The Bertz CT molecular complexity index is 1300. The van der Waals surface area contributed by atoms with Crippen molar-refractivity contribution < 1.29 is 9.50 Å². The van der Waals surface area contributed by atoms with E-state index in [9.17, 15) is 14.3 Å². The van der Waals surface area contributed by atoms with Crippen LogP contribution in [-0.2, 0) is 7.05 Å². The van der Waals surface area contributed by atoms with Crippen molar-refractivity contribution in [3.8, 4) is 17.0 Å². The maximum atomic E-state index is 14.6. The van der Waals surface area contributed by atoms with E-state index in [1.807, 2.05) is 0 Å². The number of phenolic OH excluding ortho intramolecular Hbond substituents is 1. The summed E-state index contributed by atoms with van der Waals surface area (Å²) >= 11 is 0. The van der Waals surface area contributed by atoms with Gasteiger partial charge in [-0.15, -0.1) is 0 Å². The third-order valence-electron chi connectivity index (χ3n) is 5.59. The van der Waals surface area contributed by atoms with E-state index in [-0.39, 0.29) is 22.7 Å². The number of phenols is 1. The summed E-state index contributed by atoms with van der Waals surface area (Å²) < 4.78 is 17.9. The number of hydrogen-bond acceptors (Lipinski definition) is 5. The van der Waals surface area contributed by atoms with Gasteiger partial charge in [0.05, 0.1) is 16.6 Å². The van der Waals surface area contributed by atoms with Crippen LogP contribution in [-0.4, -0.2) is 37.5 Å². The van der Waals surface area contributed by atoms with Crippen LogP contribution >= 0.6 is 0 Å². The third kappa shape index (κ3) is 2.87. The molecule has 4 aromatic rings. The zero-order valence-electron chi connectivity index (χ0n) is 15.9. The van der Waals surface area contributed by atoms with Crippen molar-refractivity contribution in [2.45, 2.75) is 18.9 Å². The van der Waals surface area contributed by atoms with Gasteiger partial charge in [-0.05, 0) is 50.2 Å². The number of aromatic hydroxyl groups is 1. The molecule has 3 aromatic heterocycles. The molecule has 1 aliphatic rings. The van der Waals surface area contributed by atoms with Gasteiger partial charge in [0.15, 0.2) is 11.6 Å². The highest BCUT2D eigenvalue weighted by atomic mass is 19.1. The monoisotopic (exact) mass is 393 g/mol. The molecule has 0 spiro atoms. The number of nitrogens with one attached hydrogen (secondary N) is 1. The van der Waals surface area contributed by atoms with Gasteiger partial charge in [0, 0.05) is 36.4 Å². The Hall–Kier alpha value is -3.26. The number of benzene rings is 1. The molecule has 0 aliphatic carbocycles. The molecule has 4 heterocycles. The van der Waals surface area contributed by atoms with E-state index in [0.29, 0.717) is 22.0 Å². The molecule has 2 N–H and O–H groups in total. The lowest BCUT2D eigenvalue weighted by molar-refractivity contribution is 0.362. The van der Waals surface area contributed by atoms with Crippen molar-refractivity contribution in [3.63, 3.8) is 0 Å². The number of halogens is 1. The lowest BCUT2D eigenvalue weighted by atomic mass is 10.0. The van der Waals surface area contributed by atoms with E-state index in [0.717, 1.165) is 25.9 Å². The van der Waals surface area contributed by atoms with Crippen LogP contribution in [0.25, 0.3) is 33.1 Å². The first-order valence-electron chi connectivity index (χ1n) is 9.61. The Morgan fingerprint density at radius 1 is 1.24 bits per heavy atom. The van der Waals surface area contributed by atoms with Crippen molar-refractivity contribution in [3.05, 3.63) is 52.8 Å². The quantitative estimate of drug-likeness (QED) is 0.547. The largest absolute Gasteiger partial charge is 0.504 e. The number of piperidine rings is 1. The first kappa shape index (κ1) is 17.8. The molecule has 8 heteroatoms. The highest BCUT2D eigenvalue weighted by Gasteiger charge is 2.20. The highest BCUT2D eigenvalue weighted by Crippen LogP contribution is 2.35. The number of rotatable bonds is 2. The Morgan fingerprint density at radius 3 is 2.83 bits per heavy atom. The van der Waals surface area contributed by atoms with E-state index < -0.39 is 11.6 Å². The maximum Gasteiger partial charge on any atom is 0.260 e. The summed E-state index contributed by atoms with van der Waals surface area (Å²) in [5.41, 5.74) is 1.22. The molecule has 0 radical (unpaired) electrons. The predicted octanol–water partition coefficient (Wildman–Crippen LogP) is 2.72. The topological polar surface area (TPSA) is 85.0 Å². The van der Waals surface area contributed by atoms with Crippen LogP contribution in [0.5, 0.6) is 5.75 Å². The SMILES string of the molecule is Cn1cc2cc(-c3ccc4c(=O)n(C5CCNCC5)ccc4n3)c(O)c(F)c2n1. The average Bonchev–Trinajstić information content (AvgIpc) is 3.12. The van der Waals surface area contributed by atoms with E-state index >= 15 is 0 Å². The minimum Gasteiger partial charge on any atom is -0.504 e. The van der Waals surface area contributed by atoms with E-state index in [1.54, 1.807) is 48.3 Å². The van der Waals surface area contributed by atoms with Gasteiger partial charge in [-0.1, -0.05) is 0 Å². The molecule has 1 fully saturated rings. The lowest BCUT2D eigenvalue weighted by Gasteiger charge is -2.24. The summed E-state index contributed by atoms with van der Waals surface area (Å²) in [6.45, 7) is 1.79. The third-order valence-corrected chi connectivity index (χ3v) is 5.59. The maximum absolute atomic E-state index is 14.6. The summed E-state index contributed by atoms with van der Waals surface area (Å²) in [4.78, 5) is 17.5. The smallest absolute Gasteiger partial charge is 0.260 e. The van der Waals surface area contributed by atoms with Gasteiger partial charge in [0.25, 0.3) is 5.56 Å². The number of hydrogen-bond donors (Lipinski definition) is 2. The molecule has 1 aliphatic heterocycles. The van der Waals surface area contributed by atoms with Crippen LogP contribution < -0.4 is 10.9 Å². The van der Waals surface area contributed by atoms with Crippen molar-refractivity contribution in [2.24, 2.45) is 7.05 Å². The van der Waals surface area contributed by atoms with Crippen LogP contribution in [0.1, 0.15) is 18.9 Å². The van der Waals surface area contributed by atoms with Crippen molar-refractivity contribution in [1.82, 2.24) is 24.6 Å². The first-order chi connectivity index (χ1) is 14.0. The molecular weight excluding hydrogens is 373 g/mol. The Morgan fingerprint density at radius 2 is 2.03 bits per heavy atom. The molecule has 7 nitrogen and oxygen atoms in total. The van der Waals surface area contributed by atoms with E-state index in [2.05, 4.69) is 15.4 Å². The molecule has 0 bridgehead atoms. The molecule has 0 unspecified atom stereocenters. The number of pyridine rings is 2. The van der Waals surface area contributed by atoms with Gasteiger partial charge >= 0.3 is 0 Å². The second-order valence-corrected chi connectivity index (χ2v) is 7.47. The second kappa shape index (κ2) is 6.66. The fourth-order valence-corrected chi connectivity index (χ4v) is 4.10. The van der Waals surface area contributed by atoms with Crippen LogP contribution in [0.2, 0.25) is 0 Å². The number of nitrogens with zero attached hydrogens (tertiary/aromatic N) is 4. The minimum absolute atomic E-state index is 0.0773. The molecule has 148 valence electrons. The molecule has 5 rings (SSSR count). The fraction of sp³-hybridized carbons (Fsp3) is 0.286. The van der Waals surface area contributed by atoms with E-state index in [1.165, 1.54) is 4.68 Å². The summed E-state index contributed by atoms with van der Waals surface area (Å²) in [5.74, 6) is -1.27. The van der Waals surface area contributed by atoms with Crippen molar-refractivity contribution in [2.75, 3.05) is 13.1 Å². The first-order valence-corrected chi connectivity index (χ1v) is 9.61. The Balaban J connectivity index is 1.63. The summed E-state index contributed by atoms with van der Waals surface area (Å²) in [5, 5.41) is 18.8. The highest BCUT2D eigenvalue weighted by molar-refractivity contribution is 5.89. The fourth-order valence-electron chi connectivity index (χ4n) is 4.10. The van der Waals surface area contributed by atoms with Gasteiger partial charge in [0.2, 0.25) is 0 Å². The van der Waals surface area contributed by atoms with Gasteiger partial charge in [-0.3, -0.25) is 9.48 Å². The second-order valence-electron chi connectivity index (χ2n) is 7.47. The van der Waals surface area contributed by atoms with Gasteiger partial charge in [-0.25, -0.2) is 9.37 Å². The molecule has 0 atom stereocenters. The molecule has 1 saturated heterocycles. The molecular formula is C21H20FN5O2. The van der Waals surface area contributed by atoms with E-state index in [4.69, 9.17) is 0 Å². The number of aromatic nitrogens is 4. The Kier molecular flexibility index (Phi) is 4.09. The van der Waals surface area contributed by atoms with Crippen LogP contribution in [0.4, 0.5) is 4.39 Å². The van der Waals surface area contributed by atoms with Gasteiger partial charge in [0.1, 0.15) is 5.52 Å². The van der Waals surface area contributed by atoms with Gasteiger partial charge in [-0.2, -0.15) is 5.10 Å². The lowest BCUT2D eigenvalue weighted by Crippen LogP contribution is -2.34. The summed E-state index contributed by atoms with van der Waals surface area (Å²) in [7, 11) is 1.69. The van der Waals surface area contributed by atoms with Crippen LogP contribution in [0.3, 0.4) is 0 Å². The Labute approximate surface area is 165 Å². The zero-order chi connectivity index (χ0) is 20.1. The summed E-state index contributed by atoms with van der Waals surface area (Å²) in [6.07, 6.45) is 5.28. The average molecular weight is 393 g/mol. The zero-order valence-corrected chi connectivity index (χ0v) is 15.9. The number of fused-ring (bicyclic) bond motifs is 2. The molecule has 0 saturated carbocycles. The normalized spacial score (nSPS) is 15.4. The number of aryl methyl sites for hydroxylation is 1.